The second-order valence-corrected chi connectivity index (χ2v) is 7.55. The lowest BCUT2D eigenvalue weighted by molar-refractivity contribution is -0.142. The number of carboxylic acids is 1. The van der Waals surface area contributed by atoms with Gasteiger partial charge in [0.05, 0.1) is 10.1 Å². The van der Waals surface area contributed by atoms with E-state index in [1.54, 1.807) is 20.8 Å². The summed E-state index contributed by atoms with van der Waals surface area (Å²) in [4.78, 5) is 24.9. The molecule has 1 aliphatic rings. The summed E-state index contributed by atoms with van der Waals surface area (Å²) in [5.74, 6) is -0.363. The number of carbonyl (C=O) groups is 2. The average Bonchev–Trinajstić information content (AvgIpc) is 2.84. The molecule has 0 unspecified atom stereocenters. The Kier molecular flexibility index (Phi) is 5.38. The number of amides is 1. The van der Waals surface area contributed by atoms with Crippen molar-refractivity contribution in [3.8, 4) is 5.75 Å². The predicted molar refractivity (Wildman–Crippen MR) is 92.6 cm³/mol. The van der Waals surface area contributed by atoms with Crippen molar-refractivity contribution in [3.63, 3.8) is 0 Å². The molecular weight excluding hydrogens is 413 g/mol. The molecule has 1 fully saturated rings. The van der Waals surface area contributed by atoms with Crippen molar-refractivity contribution in [2.24, 2.45) is 0 Å². The number of carboxylic acid groups (broad SMARTS) is 1. The van der Waals surface area contributed by atoms with E-state index < -0.39 is 23.7 Å². The van der Waals surface area contributed by atoms with Crippen LogP contribution in [0, 0.1) is 3.57 Å². The van der Waals surface area contributed by atoms with Crippen LogP contribution in [0.2, 0.25) is 0 Å². The summed E-state index contributed by atoms with van der Waals surface area (Å²) in [5.41, 5.74) is -0.673. The van der Waals surface area contributed by atoms with Crippen LogP contribution in [-0.2, 0) is 9.53 Å². The Morgan fingerprint density at radius 1 is 1.30 bits per heavy atom. The van der Waals surface area contributed by atoms with Gasteiger partial charge in [0.15, 0.2) is 0 Å². The fraction of sp³-hybridized carbons (Fsp3) is 0.500. The SMILES string of the molecule is CC(C)(C)OC(=O)N1C[C@@H](Oc2ccccc2I)C[C@H]1C(=O)O. The average molecular weight is 433 g/mol. The van der Waals surface area contributed by atoms with Gasteiger partial charge in [-0.05, 0) is 55.5 Å². The molecule has 0 spiro atoms. The van der Waals surface area contributed by atoms with E-state index in [1.807, 2.05) is 24.3 Å². The topological polar surface area (TPSA) is 76.1 Å². The van der Waals surface area contributed by atoms with Gasteiger partial charge < -0.3 is 14.6 Å². The van der Waals surface area contributed by atoms with Crippen molar-refractivity contribution in [1.29, 1.82) is 0 Å². The van der Waals surface area contributed by atoms with Gasteiger partial charge in [-0.1, -0.05) is 12.1 Å². The van der Waals surface area contributed by atoms with Gasteiger partial charge in [-0.25, -0.2) is 9.59 Å². The molecule has 1 heterocycles. The minimum absolute atomic E-state index is 0.191. The van der Waals surface area contributed by atoms with Gasteiger partial charge in [-0.2, -0.15) is 0 Å². The zero-order chi connectivity index (χ0) is 17.2. The van der Waals surface area contributed by atoms with Crippen molar-refractivity contribution in [2.75, 3.05) is 6.54 Å². The van der Waals surface area contributed by atoms with Gasteiger partial charge in [-0.15, -0.1) is 0 Å². The van der Waals surface area contributed by atoms with Gasteiger partial charge in [-0.3, -0.25) is 4.90 Å². The highest BCUT2D eigenvalue weighted by atomic mass is 127. The highest BCUT2D eigenvalue weighted by Gasteiger charge is 2.42. The summed E-state index contributed by atoms with van der Waals surface area (Å²) in [6.07, 6.45) is -0.766. The number of likely N-dealkylation sites (tertiary alicyclic amines) is 1. The van der Waals surface area contributed by atoms with Crippen LogP contribution in [0.3, 0.4) is 0 Å². The number of halogens is 1. The molecule has 0 radical (unpaired) electrons. The molecule has 126 valence electrons. The summed E-state index contributed by atoms with van der Waals surface area (Å²) in [6.45, 7) is 5.43. The van der Waals surface area contributed by atoms with Gasteiger partial charge >= 0.3 is 12.1 Å². The van der Waals surface area contributed by atoms with Gasteiger partial charge in [0, 0.05) is 6.42 Å². The Morgan fingerprint density at radius 3 is 2.52 bits per heavy atom. The van der Waals surface area contributed by atoms with Crippen LogP contribution >= 0.6 is 22.6 Å². The predicted octanol–water partition coefficient (Wildman–Crippen LogP) is 3.13. The number of nitrogens with zero attached hydrogens (tertiary/aromatic N) is 1. The largest absolute Gasteiger partial charge is 0.487 e. The van der Waals surface area contributed by atoms with Crippen LogP contribution in [0.1, 0.15) is 27.2 Å². The lowest BCUT2D eigenvalue weighted by atomic mass is 10.2. The van der Waals surface area contributed by atoms with Crippen molar-refractivity contribution < 1.29 is 24.2 Å². The van der Waals surface area contributed by atoms with Crippen molar-refractivity contribution in [3.05, 3.63) is 27.8 Å². The molecular formula is C16H20INO5. The number of ether oxygens (including phenoxy) is 2. The molecule has 0 aliphatic carbocycles. The highest BCUT2D eigenvalue weighted by Crippen LogP contribution is 2.27. The van der Waals surface area contributed by atoms with Gasteiger partial charge in [0.2, 0.25) is 0 Å². The molecule has 1 aliphatic heterocycles. The third-order valence-corrected chi connectivity index (χ3v) is 4.20. The van der Waals surface area contributed by atoms with E-state index in [2.05, 4.69) is 22.6 Å². The first kappa shape index (κ1) is 17.8. The fourth-order valence-corrected chi connectivity index (χ4v) is 2.87. The molecule has 1 N–H and O–H groups in total. The van der Waals surface area contributed by atoms with Crippen molar-refractivity contribution in [1.82, 2.24) is 4.90 Å². The Hall–Kier alpha value is -1.51. The maximum absolute atomic E-state index is 12.2. The van der Waals surface area contributed by atoms with E-state index in [1.165, 1.54) is 4.90 Å². The van der Waals surface area contributed by atoms with E-state index in [0.717, 1.165) is 3.57 Å². The van der Waals surface area contributed by atoms with E-state index >= 15 is 0 Å². The lowest BCUT2D eigenvalue weighted by Crippen LogP contribution is -2.43. The molecule has 2 atom stereocenters. The first-order valence-corrected chi connectivity index (χ1v) is 8.39. The number of carbonyl (C=O) groups excluding carboxylic acids is 1. The molecule has 1 aromatic carbocycles. The van der Waals surface area contributed by atoms with E-state index in [-0.39, 0.29) is 19.1 Å². The van der Waals surface area contributed by atoms with Crippen molar-refractivity contribution in [2.45, 2.75) is 44.9 Å². The summed E-state index contributed by atoms with van der Waals surface area (Å²) >= 11 is 2.16. The van der Waals surface area contributed by atoms with E-state index in [9.17, 15) is 14.7 Å². The fourth-order valence-electron chi connectivity index (χ4n) is 2.36. The number of aliphatic carboxylic acids is 1. The summed E-state index contributed by atoms with van der Waals surface area (Å²) in [7, 11) is 0. The van der Waals surface area contributed by atoms with E-state index in [0.29, 0.717) is 5.75 Å². The van der Waals surface area contributed by atoms with Crippen LogP contribution in [0.4, 0.5) is 4.79 Å². The molecule has 6 nitrogen and oxygen atoms in total. The highest BCUT2D eigenvalue weighted by molar-refractivity contribution is 14.1. The Labute approximate surface area is 148 Å². The zero-order valence-corrected chi connectivity index (χ0v) is 15.4. The Bertz CT molecular complexity index is 598. The van der Waals surface area contributed by atoms with Gasteiger partial charge in [0.25, 0.3) is 0 Å². The summed E-state index contributed by atoms with van der Waals surface area (Å²) < 4.78 is 12.1. The third kappa shape index (κ3) is 4.73. The standard InChI is InChI=1S/C16H20INO5/c1-16(2,3)23-15(21)18-9-10(8-12(18)14(19)20)22-13-7-5-4-6-11(13)17/h4-7,10,12H,8-9H2,1-3H3,(H,19,20)/t10-,12-/m0/s1. The maximum atomic E-state index is 12.2. The minimum atomic E-state index is -1.05. The molecule has 0 saturated carbocycles. The Morgan fingerprint density at radius 2 is 1.96 bits per heavy atom. The maximum Gasteiger partial charge on any atom is 0.411 e. The van der Waals surface area contributed by atoms with Crippen molar-refractivity contribution >= 4 is 34.7 Å². The number of benzene rings is 1. The molecule has 7 heteroatoms. The second kappa shape index (κ2) is 6.94. The summed E-state index contributed by atoms with van der Waals surface area (Å²) in [5, 5.41) is 9.36. The van der Waals surface area contributed by atoms with E-state index in [4.69, 9.17) is 9.47 Å². The number of para-hydroxylation sites is 1. The van der Waals surface area contributed by atoms with Crippen LogP contribution in [-0.4, -0.2) is 46.4 Å². The number of rotatable bonds is 3. The van der Waals surface area contributed by atoms with Crippen LogP contribution in [0.25, 0.3) is 0 Å². The molecule has 1 saturated heterocycles. The molecule has 1 amide bonds. The second-order valence-electron chi connectivity index (χ2n) is 6.39. The third-order valence-electron chi connectivity index (χ3n) is 3.31. The zero-order valence-electron chi connectivity index (χ0n) is 13.3. The summed E-state index contributed by atoms with van der Waals surface area (Å²) in [6, 6.07) is 6.55. The lowest BCUT2D eigenvalue weighted by Gasteiger charge is -2.26. The smallest absolute Gasteiger partial charge is 0.411 e. The first-order valence-electron chi connectivity index (χ1n) is 7.31. The quantitative estimate of drug-likeness (QED) is 0.742. The molecule has 0 bridgehead atoms. The Balaban J connectivity index is 2.10. The van der Waals surface area contributed by atoms with Gasteiger partial charge in [0.1, 0.15) is 23.5 Å². The van der Waals surface area contributed by atoms with Crippen LogP contribution < -0.4 is 4.74 Å². The molecule has 2 rings (SSSR count). The monoisotopic (exact) mass is 433 g/mol. The number of hydrogen-bond acceptors (Lipinski definition) is 4. The molecule has 23 heavy (non-hydrogen) atoms. The first-order chi connectivity index (χ1) is 10.7. The molecule has 0 aromatic heterocycles. The number of hydrogen-bond donors (Lipinski definition) is 1. The minimum Gasteiger partial charge on any atom is -0.487 e. The normalized spacial score (nSPS) is 21.1. The van der Waals surface area contributed by atoms with Crippen LogP contribution in [0.15, 0.2) is 24.3 Å². The molecule has 1 aromatic rings. The van der Waals surface area contributed by atoms with Crippen LogP contribution in [0.5, 0.6) is 5.75 Å².